The molecule has 0 aromatic carbocycles. The summed E-state index contributed by atoms with van der Waals surface area (Å²) < 4.78 is 4.70. The van der Waals surface area contributed by atoms with E-state index in [0.29, 0.717) is 12.2 Å². The molecule has 0 bridgehead atoms. The van der Waals surface area contributed by atoms with Crippen molar-refractivity contribution in [1.82, 2.24) is 15.5 Å². The molecule has 0 saturated carbocycles. The third kappa shape index (κ3) is 3.02. The Kier molecular flexibility index (Phi) is 3.41. The van der Waals surface area contributed by atoms with Crippen molar-refractivity contribution in [2.75, 3.05) is 6.54 Å². The van der Waals surface area contributed by atoms with E-state index in [9.17, 15) is 4.79 Å². The van der Waals surface area contributed by atoms with Crippen molar-refractivity contribution in [2.24, 2.45) is 0 Å². The first-order chi connectivity index (χ1) is 6.59. The van der Waals surface area contributed by atoms with Gasteiger partial charge in [-0.1, -0.05) is 5.16 Å². The van der Waals surface area contributed by atoms with Crippen LogP contribution in [0.5, 0.6) is 0 Å². The van der Waals surface area contributed by atoms with Crippen LogP contribution in [-0.4, -0.2) is 33.0 Å². The molecule has 7 heteroatoms. The van der Waals surface area contributed by atoms with Crippen molar-refractivity contribution in [1.29, 1.82) is 0 Å². The first kappa shape index (κ1) is 10.5. The lowest BCUT2D eigenvalue weighted by atomic mass is 10.4. The van der Waals surface area contributed by atoms with Crippen molar-refractivity contribution in [2.45, 2.75) is 19.4 Å². The van der Waals surface area contributed by atoms with Crippen LogP contribution in [0, 0.1) is 0 Å². The van der Waals surface area contributed by atoms with E-state index in [4.69, 9.17) is 14.7 Å². The van der Waals surface area contributed by atoms with Gasteiger partial charge in [-0.05, 0) is 6.92 Å². The number of nitrogens with one attached hydrogen (secondary N) is 1. The molecule has 1 aromatic heterocycles. The third-order valence-corrected chi connectivity index (χ3v) is 1.47. The number of hydrogen-bond donors (Lipinski definition) is 3. The molecule has 0 radical (unpaired) electrons. The molecule has 0 aliphatic carbocycles. The second-order valence-electron chi connectivity index (χ2n) is 2.71. The summed E-state index contributed by atoms with van der Waals surface area (Å²) in [5.74, 6) is 0.505. The van der Waals surface area contributed by atoms with E-state index >= 15 is 0 Å². The molecule has 3 N–H and O–H groups in total. The quantitative estimate of drug-likeness (QED) is 0.629. The van der Waals surface area contributed by atoms with E-state index < -0.39 is 12.2 Å². The molecular formula is C7H11N3O4. The highest BCUT2D eigenvalue weighted by Gasteiger charge is 2.10. The van der Waals surface area contributed by atoms with Gasteiger partial charge >= 0.3 is 6.09 Å². The summed E-state index contributed by atoms with van der Waals surface area (Å²) in [5.41, 5.74) is 0. The van der Waals surface area contributed by atoms with Gasteiger partial charge in [-0.3, -0.25) is 0 Å². The lowest BCUT2D eigenvalue weighted by Gasteiger charge is -1.95. The minimum absolute atomic E-state index is 0.135. The van der Waals surface area contributed by atoms with E-state index in [0.717, 1.165) is 0 Å². The molecular weight excluding hydrogens is 190 g/mol. The first-order valence-electron chi connectivity index (χ1n) is 4.07. The molecule has 7 nitrogen and oxygen atoms in total. The summed E-state index contributed by atoms with van der Waals surface area (Å²) in [7, 11) is 0. The molecule has 1 unspecified atom stereocenters. The van der Waals surface area contributed by atoms with E-state index in [1.54, 1.807) is 0 Å². The zero-order chi connectivity index (χ0) is 10.6. The van der Waals surface area contributed by atoms with Crippen LogP contribution in [0.4, 0.5) is 4.79 Å². The van der Waals surface area contributed by atoms with Crippen molar-refractivity contribution in [3.8, 4) is 0 Å². The van der Waals surface area contributed by atoms with E-state index in [-0.39, 0.29) is 12.4 Å². The Labute approximate surface area is 79.7 Å². The SMILES string of the molecule is CC(O)c1nc(CCNC(=O)O)no1. The van der Waals surface area contributed by atoms with Gasteiger partial charge in [0.2, 0.25) is 0 Å². The Morgan fingerprint density at radius 1 is 1.71 bits per heavy atom. The summed E-state index contributed by atoms with van der Waals surface area (Å²) in [6.07, 6.45) is -1.56. The largest absolute Gasteiger partial charge is 0.465 e. The van der Waals surface area contributed by atoms with Gasteiger partial charge in [-0.25, -0.2) is 4.79 Å². The van der Waals surface area contributed by atoms with Crippen LogP contribution in [-0.2, 0) is 6.42 Å². The molecule has 1 amide bonds. The molecule has 0 aliphatic rings. The maximum Gasteiger partial charge on any atom is 0.404 e. The van der Waals surface area contributed by atoms with Crippen molar-refractivity contribution < 1.29 is 19.5 Å². The number of amides is 1. The Hall–Kier alpha value is -1.63. The molecule has 14 heavy (non-hydrogen) atoms. The van der Waals surface area contributed by atoms with Gasteiger partial charge in [0, 0.05) is 13.0 Å². The van der Waals surface area contributed by atoms with Crippen molar-refractivity contribution in [3.05, 3.63) is 11.7 Å². The summed E-state index contributed by atoms with van der Waals surface area (Å²) in [6, 6.07) is 0. The summed E-state index contributed by atoms with van der Waals surface area (Å²) >= 11 is 0. The van der Waals surface area contributed by atoms with Gasteiger partial charge in [0.25, 0.3) is 5.89 Å². The summed E-state index contributed by atoms with van der Waals surface area (Å²) in [5, 5.41) is 23.0. The fraction of sp³-hybridized carbons (Fsp3) is 0.571. The van der Waals surface area contributed by atoms with Crippen LogP contribution in [0.3, 0.4) is 0 Å². The van der Waals surface area contributed by atoms with Gasteiger partial charge in [-0.2, -0.15) is 4.98 Å². The molecule has 78 valence electrons. The average molecular weight is 201 g/mol. The highest BCUT2D eigenvalue weighted by Crippen LogP contribution is 2.07. The number of rotatable bonds is 4. The van der Waals surface area contributed by atoms with Gasteiger partial charge in [-0.15, -0.1) is 0 Å². The highest BCUT2D eigenvalue weighted by molar-refractivity contribution is 5.64. The zero-order valence-electron chi connectivity index (χ0n) is 7.60. The number of carbonyl (C=O) groups is 1. The maximum absolute atomic E-state index is 10.1. The van der Waals surface area contributed by atoms with Crippen LogP contribution in [0.25, 0.3) is 0 Å². The first-order valence-corrected chi connectivity index (χ1v) is 4.07. The van der Waals surface area contributed by atoms with Crippen LogP contribution in [0.2, 0.25) is 0 Å². The summed E-state index contributed by atoms with van der Waals surface area (Å²) in [4.78, 5) is 13.9. The normalized spacial score (nSPS) is 12.4. The Balaban J connectivity index is 2.40. The number of aliphatic hydroxyl groups excluding tert-OH is 1. The number of hydrogen-bond acceptors (Lipinski definition) is 5. The second kappa shape index (κ2) is 4.56. The smallest absolute Gasteiger partial charge is 0.404 e. The van der Waals surface area contributed by atoms with E-state index in [1.807, 2.05) is 0 Å². The van der Waals surface area contributed by atoms with Crippen LogP contribution in [0.1, 0.15) is 24.7 Å². The second-order valence-corrected chi connectivity index (χ2v) is 2.71. The predicted octanol–water partition coefficient (Wildman–Crippen LogP) is -0.0670. The van der Waals surface area contributed by atoms with E-state index in [1.165, 1.54) is 6.92 Å². The molecule has 0 spiro atoms. The molecule has 0 aliphatic heterocycles. The number of aliphatic hydroxyl groups is 1. The lowest BCUT2D eigenvalue weighted by Crippen LogP contribution is -2.23. The molecule has 1 atom stereocenters. The monoisotopic (exact) mass is 201 g/mol. The zero-order valence-corrected chi connectivity index (χ0v) is 7.60. The fourth-order valence-corrected chi connectivity index (χ4v) is 0.820. The Bertz CT molecular complexity index is 310. The Morgan fingerprint density at radius 3 is 2.93 bits per heavy atom. The van der Waals surface area contributed by atoms with Gasteiger partial charge in [0.05, 0.1) is 0 Å². The molecule has 1 rings (SSSR count). The average Bonchev–Trinajstić information content (AvgIpc) is 2.52. The predicted molar refractivity (Wildman–Crippen MR) is 44.7 cm³/mol. The van der Waals surface area contributed by atoms with Crippen LogP contribution in [0.15, 0.2) is 4.52 Å². The molecule has 1 heterocycles. The van der Waals surface area contributed by atoms with Crippen LogP contribution < -0.4 is 5.32 Å². The van der Waals surface area contributed by atoms with Gasteiger partial charge in [0.1, 0.15) is 6.10 Å². The molecule has 1 aromatic rings. The fourth-order valence-electron chi connectivity index (χ4n) is 0.820. The minimum atomic E-state index is -1.09. The minimum Gasteiger partial charge on any atom is -0.465 e. The van der Waals surface area contributed by atoms with Crippen LogP contribution >= 0.6 is 0 Å². The number of carboxylic acid groups (broad SMARTS) is 1. The standard InChI is InChI=1S/C7H11N3O4/c1-4(11)6-9-5(10-14-6)2-3-8-7(12)13/h4,8,11H,2-3H2,1H3,(H,12,13). The topological polar surface area (TPSA) is 108 Å². The van der Waals surface area contributed by atoms with E-state index in [2.05, 4.69) is 15.5 Å². The molecule has 0 fully saturated rings. The van der Waals surface area contributed by atoms with Gasteiger partial charge < -0.3 is 20.1 Å². The summed E-state index contributed by atoms with van der Waals surface area (Å²) in [6.45, 7) is 1.72. The number of aromatic nitrogens is 2. The third-order valence-electron chi connectivity index (χ3n) is 1.47. The maximum atomic E-state index is 10.1. The molecule has 0 saturated heterocycles. The Morgan fingerprint density at radius 2 is 2.43 bits per heavy atom. The highest BCUT2D eigenvalue weighted by atomic mass is 16.5. The number of nitrogens with zero attached hydrogens (tertiary/aromatic N) is 2. The van der Waals surface area contributed by atoms with Crippen molar-refractivity contribution in [3.63, 3.8) is 0 Å². The lowest BCUT2D eigenvalue weighted by molar-refractivity contribution is 0.151. The van der Waals surface area contributed by atoms with Crippen molar-refractivity contribution >= 4 is 6.09 Å². The van der Waals surface area contributed by atoms with Gasteiger partial charge in [0.15, 0.2) is 5.82 Å².